The Kier molecular flexibility index (Phi) is 5.91. The molecular formula is C23H15ClFN5O3S. The maximum Gasteiger partial charge on any atom is 0.267 e. The van der Waals surface area contributed by atoms with E-state index in [9.17, 15) is 13.4 Å². The number of nitrogens with zero attached hydrogens (tertiary/aromatic N) is 4. The maximum absolute atomic E-state index is 14.2. The van der Waals surface area contributed by atoms with Crippen molar-refractivity contribution in [1.82, 2.24) is 24.9 Å². The zero-order chi connectivity index (χ0) is 23.7. The predicted molar refractivity (Wildman–Crippen MR) is 123 cm³/mol. The zero-order valence-electron chi connectivity index (χ0n) is 17.3. The Balaban J connectivity index is 1.52. The molecule has 0 fully saturated rings. The monoisotopic (exact) mass is 495 g/mol. The third-order valence-corrected chi connectivity index (χ3v) is 6.64. The Morgan fingerprint density at radius 1 is 1.09 bits per heavy atom. The molecule has 0 saturated heterocycles. The molecule has 3 aromatic heterocycles. The number of nitrogens with one attached hydrogen (secondary N) is 1. The lowest BCUT2D eigenvalue weighted by atomic mass is 10.2. The van der Waals surface area contributed by atoms with Crippen molar-refractivity contribution in [2.45, 2.75) is 16.3 Å². The van der Waals surface area contributed by atoms with Crippen LogP contribution in [-0.2, 0) is 17.3 Å². The van der Waals surface area contributed by atoms with Crippen molar-refractivity contribution in [2.75, 3.05) is 0 Å². The molecule has 0 bridgehead atoms. The van der Waals surface area contributed by atoms with Crippen LogP contribution in [0.15, 0.2) is 92.2 Å². The third kappa shape index (κ3) is 4.33. The van der Waals surface area contributed by atoms with E-state index in [2.05, 4.69) is 20.2 Å². The van der Waals surface area contributed by atoms with E-state index in [1.54, 1.807) is 59.3 Å². The molecule has 0 amide bonds. The second-order valence-corrected chi connectivity index (χ2v) is 9.08. The smallest absolute Gasteiger partial charge is 0.267 e. The van der Waals surface area contributed by atoms with E-state index < -0.39 is 16.4 Å². The topological polar surface area (TPSA) is 107 Å². The third-order valence-electron chi connectivity index (χ3n) is 4.99. The van der Waals surface area contributed by atoms with Crippen LogP contribution >= 0.6 is 11.6 Å². The number of hydrogen-bond donors (Lipinski definition) is 1. The second kappa shape index (κ2) is 9.16. The number of aromatic amines is 1. The van der Waals surface area contributed by atoms with Crippen LogP contribution in [-0.4, -0.2) is 29.1 Å². The summed E-state index contributed by atoms with van der Waals surface area (Å²) in [6, 6.07) is 16.0. The van der Waals surface area contributed by atoms with Crippen LogP contribution in [0.3, 0.4) is 0 Å². The van der Waals surface area contributed by atoms with E-state index in [1.165, 1.54) is 18.5 Å². The first-order valence-corrected chi connectivity index (χ1v) is 11.5. The normalized spacial score (nSPS) is 12.1. The lowest BCUT2D eigenvalue weighted by molar-refractivity contribution is 0.421. The average molecular weight is 496 g/mol. The summed E-state index contributed by atoms with van der Waals surface area (Å²) in [7, 11) is -1.74. The van der Waals surface area contributed by atoms with Crippen molar-refractivity contribution < 1.29 is 13.1 Å². The van der Waals surface area contributed by atoms with Gasteiger partial charge in [-0.25, -0.2) is 13.6 Å². The molecule has 0 spiro atoms. The summed E-state index contributed by atoms with van der Waals surface area (Å²) in [6.07, 6.45) is 2.67. The van der Waals surface area contributed by atoms with Crippen molar-refractivity contribution in [1.29, 1.82) is 0 Å². The first kappa shape index (κ1) is 21.9. The molecule has 3 heterocycles. The molecule has 0 saturated carbocycles. The van der Waals surface area contributed by atoms with Crippen LogP contribution in [0.1, 0.15) is 5.56 Å². The number of hydrogen-bond acceptors (Lipinski definition) is 6. The molecule has 0 aliphatic rings. The predicted octanol–water partition coefficient (Wildman–Crippen LogP) is 4.30. The van der Waals surface area contributed by atoms with E-state index in [0.29, 0.717) is 32.6 Å². The second-order valence-electron chi connectivity index (χ2n) is 7.20. The molecule has 5 aromatic rings. The van der Waals surface area contributed by atoms with Crippen molar-refractivity contribution >= 4 is 22.4 Å². The van der Waals surface area contributed by atoms with Gasteiger partial charge in [0, 0.05) is 21.5 Å². The molecule has 2 aromatic carbocycles. The van der Waals surface area contributed by atoms with E-state index in [4.69, 9.17) is 16.1 Å². The first-order chi connectivity index (χ1) is 16.5. The van der Waals surface area contributed by atoms with E-state index in [0.717, 1.165) is 0 Å². The van der Waals surface area contributed by atoms with Gasteiger partial charge < -0.3 is 9.51 Å². The summed E-state index contributed by atoms with van der Waals surface area (Å²) in [5.74, 6) is -0.204. The Labute approximate surface area is 199 Å². The van der Waals surface area contributed by atoms with E-state index in [-0.39, 0.29) is 23.1 Å². The minimum atomic E-state index is -1.74. The molecular weight excluding hydrogens is 481 g/mol. The summed E-state index contributed by atoms with van der Waals surface area (Å²) in [4.78, 5) is 20.0. The SMILES string of the molecule is O=c1[nH]c(-c2cc(-c3ccon3)n(Cc3ccccc3F)n2)ncc1S(=O)c1ccc(Cl)cc1. The summed E-state index contributed by atoms with van der Waals surface area (Å²) in [5.41, 5.74) is 1.22. The Bertz CT molecular complexity index is 1550. The van der Waals surface area contributed by atoms with Gasteiger partial charge in [0.1, 0.15) is 28.4 Å². The number of halogens is 2. The Morgan fingerprint density at radius 3 is 2.59 bits per heavy atom. The lowest BCUT2D eigenvalue weighted by Crippen LogP contribution is -2.16. The van der Waals surface area contributed by atoms with Gasteiger partial charge in [-0.05, 0) is 36.4 Å². The van der Waals surface area contributed by atoms with Crippen molar-refractivity contribution in [3.8, 4) is 22.9 Å². The minimum Gasteiger partial charge on any atom is -0.364 e. The summed E-state index contributed by atoms with van der Waals surface area (Å²) in [6.45, 7) is 0.123. The molecule has 11 heteroatoms. The standard InChI is InChI=1S/C23H15ClFN5O3S/c24-15-5-7-16(8-6-15)34(32)21-12-26-22(27-23(21)31)19-11-20(18-9-10-33-29-18)30(28-19)13-14-3-1-2-4-17(14)25/h1-12H,13H2,(H,26,27,31). The van der Waals surface area contributed by atoms with Crippen LogP contribution in [0.5, 0.6) is 0 Å². The Morgan fingerprint density at radius 2 is 1.88 bits per heavy atom. The van der Waals surface area contributed by atoms with Gasteiger partial charge in [-0.3, -0.25) is 9.48 Å². The molecule has 0 aliphatic heterocycles. The molecule has 34 heavy (non-hydrogen) atoms. The highest BCUT2D eigenvalue weighted by molar-refractivity contribution is 7.85. The molecule has 8 nitrogen and oxygen atoms in total. The van der Waals surface area contributed by atoms with E-state index in [1.807, 2.05) is 0 Å². The van der Waals surface area contributed by atoms with Crippen LogP contribution in [0.25, 0.3) is 22.9 Å². The number of aromatic nitrogens is 5. The summed E-state index contributed by atoms with van der Waals surface area (Å²) in [5, 5.41) is 8.94. The number of benzene rings is 2. The van der Waals surface area contributed by atoms with Crippen LogP contribution < -0.4 is 5.56 Å². The lowest BCUT2D eigenvalue weighted by Gasteiger charge is -2.06. The fourth-order valence-corrected chi connectivity index (χ4v) is 4.45. The molecule has 5 rings (SSSR count). The minimum absolute atomic E-state index is 0.00594. The van der Waals surface area contributed by atoms with Gasteiger partial charge in [0.2, 0.25) is 0 Å². The largest absolute Gasteiger partial charge is 0.364 e. The van der Waals surface area contributed by atoms with Gasteiger partial charge >= 0.3 is 0 Å². The highest BCUT2D eigenvalue weighted by atomic mass is 35.5. The zero-order valence-corrected chi connectivity index (χ0v) is 18.9. The van der Waals surface area contributed by atoms with Gasteiger partial charge in [-0.1, -0.05) is 35.0 Å². The summed E-state index contributed by atoms with van der Waals surface area (Å²) < 4.78 is 33.5. The fraction of sp³-hybridized carbons (Fsp3) is 0.0435. The molecule has 0 aliphatic carbocycles. The Hall–Kier alpha value is -3.89. The van der Waals surface area contributed by atoms with Crippen molar-refractivity contribution in [3.05, 3.63) is 99.9 Å². The first-order valence-electron chi connectivity index (χ1n) is 9.98. The van der Waals surface area contributed by atoms with Crippen molar-refractivity contribution in [3.63, 3.8) is 0 Å². The molecule has 1 unspecified atom stereocenters. The van der Waals surface area contributed by atoms with Crippen LogP contribution in [0.4, 0.5) is 4.39 Å². The molecule has 0 radical (unpaired) electrons. The van der Waals surface area contributed by atoms with Gasteiger partial charge in [-0.2, -0.15) is 5.10 Å². The highest BCUT2D eigenvalue weighted by Crippen LogP contribution is 2.25. The summed E-state index contributed by atoms with van der Waals surface area (Å²) >= 11 is 5.87. The van der Waals surface area contributed by atoms with Gasteiger partial charge in [0.15, 0.2) is 5.82 Å². The van der Waals surface area contributed by atoms with Crippen molar-refractivity contribution in [2.24, 2.45) is 0 Å². The van der Waals surface area contributed by atoms with Gasteiger partial charge in [0.25, 0.3) is 5.56 Å². The quantitative estimate of drug-likeness (QED) is 0.376. The molecule has 1 N–H and O–H groups in total. The van der Waals surface area contributed by atoms with E-state index >= 15 is 0 Å². The van der Waals surface area contributed by atoms with Crippen LogP contribution in [0, 0.1) is 5.82 Å². The van der Waals surface area contributed by atoms with Gasteiger partial charge in [0.05, 0.1) is 29.2 Å². The molecule has 170 valence electrons. The maximum atomic E-state index is 14.2. The number of H-pyrrole nitrogens is 1. The number of rotatable bonds is 6. The fourth-order valence-electron chi connectivity index (χ4n) is 3.32. The molecule has 1 atom stereocenters. The van der Waals surface area contributed by atoms with Gasteiger partial charge in [-0.15, -0.1) is 0 Å². The average Bonchev–Trinajstić information content (AvgIpc) is 3.51. The van der Waals surface area contributed by atoms with Crippen LogP contribution in [0.2, 0.25) is 5.02 Å². The highest BCUT2D eigenvalue weighted by Gasteiger charge is 2.18.